The van der Waals surface area contributed by atoms with Gasteiger partial charge in [0.25, 0.3) is 10.2 Å². The highest BCUT2D eigenvalue weighted by Crippen LogP contribution is 2.14. The second kappa shape index (κ2) is 5.18. The molecule has 6 heteroatoms. The van der Waals surface area contributed by atoms with Crippen LogP contribution in [0.2, 0.25) is 0 Å². The maximum atomic E-state index is 11.5. The van der Waals surface area contributed by atoms with Crippen LogP contribution in [-0.2, 0) is 10.2 Å². The minimum absolute atomic E-state index is 0.0955. The summed E-state index contributed by atoms with van der Waals surface area (Å²) in [4.78, 5) is 0. The number of hydrogen-bond acceptors (Lipinski definition) is 3. The number of phenols is 1. The van der Waals surface area contributed by atoms with E-state index in [9.17, 15) is 8.42 Å². The summed E-state index contributed by atoms with van der Waals surface area (Å²) in [5.74, 6) is 0.342. The molecular formula is C10H16N2O3S. The number of aromatic hydroxyl groups is 1. The van der Waals surface area contributed by atoms with Gasteiger partial charge in [-0.2, -0.15) is 13.1 Å². The summed E-state index contributed by atoms with van der Waals surface area (Å²) >= 11 is 0. The molecule has 5 nitrogen and oxygen atoms in total. The molecule has 0 aromatic heterocycles. The normalized spacial score (nSPS) is 11.7. The lowest BCUT2D eigenvalue weighted by molar-refractivity contribution is 0.475. The lowest BCUT2D eigenvalue weighted by Crippen LogP contribution is -2.32. The van der Waals surface area contributed by atoms with Crippen molar-refractivity contribution < 1.29 is 13.5 Å². The van der Waals surface area contributed by atoms with Crippen molar-refractivity contribution in [2.75, 3.05) is 11.3 Å². The van der Waals surface area contributed by atoms with Crippen molar-refractivity contribution in [3.8, 4) is 5.75 Å². The average molecular weight is 244 g/mol. The molecule has 0 unspecified atom stereocenters. The molecule has 1 aromatic rings. The van der Waals surface area contributed by atoms with Crippen molar-refractivity contribution >= 4 is 15.9 Å². The topological polar surface area (TPSA) is 78.4 Å². The SMILES string of the molecule is CC(C)CNS(=O)(=O)Nc1ccc(O)cc1. The highest BCUT2D eigenvalue weighted by molar-refractivity contribution is 7.90. The molecule has 1 aromatic carbocycles. The van der Waals surface area contributed by atoms with Gasteiger partial charge in [-0.3, -0.25) is 4.72 Å². The van der Waals surface area contributed by atoms with Crippen molar-refractivity contribution in [2.45, 2.75) is 13.8 Å². The summed E-state index contributed by atoms with van der Waals surface area (Å²) < 4.78 is 27.8. The van der Waals surface area contributed by atoms with Gasteiger partial charge >= 0.3 is 0 Å². The number of phenolic OH excluding ortho intramolecular Hbond substituents is 1. The highest BCUT2D eigenvalue weighted by Gasteiger charge is 2.09. The maximum absolute atomic E-state index is 11.5. The van der Waals surface area contributed by atoms with Gasteiger partial charge in [0.1, 0.15) is 5.75 Å². The van der Waals surface area contributed by atoms with E-state index in [1.165, 1.54) is 24.3 Å². The third-order valence-corrected chi connectivity index (χ3v) is 2.85. The predicted molar refractivity (Wildman–Crippen MR) is 63.5 cm³/mol. The summed E-state index contributed by atoms with van der Waals surface area (Å²) in [6.07, 6.45) is 0. The van der Waals surface area contributed by atoms with E-state index >= 15 is 0 Å². The monoisotopic (exact) mass is 244 g/mol. The summed E-state index contributed by atoms with van der Waals surface area (Å²) in [7, 11) is -3.52. The number of anilines is 1. The van der Waals surface area contributed by atoms with Crippen LogP contribution in [0, 0.1) is 5.92 Å². The molecule has 3 N–H and O–H groups in total. The van der Waals surface area contributed by atoms with E-state index in [2.05, 4.69) is 9.44 Å². The molecule has 0 radical (unpaired) electrons. The molecule has 0 aliphatic carbocycles. The molecule has 0 heterocycles. The molecule has 0 saturated heterocycles. The van der Waals surface area contributed by atoms with Gasteiger partial charge < -0.3 is 5.11 Å². The third kappa shape index (κ3) is 4.50. The lowest BCUT2D eigenvalue weighted by atomic mass is 10.2. The Labute approximate surface area is 95.7 Å². The molecular weight excluding hydrogens is 228 g/mol. The molecule has 0 atom stereocenters. The first-order chi connectivity index (χ1) is 7.39. The Kier molecular flexibility index (Phi) is 4.14. The first kappa shape index (κ1) is 12.8. The fourth-order valence-electron chi connectivity index (χ4n) is 0.997. The molecule has 16 heavy (non-hydrogen) atoms. The summed E-state index contributed by atoms with van der Waals surface area (Å²) in [5, 5.41) is 9.04. The standard InChI is InChI=1S/C10H16N2O3S/c1-8(2)7-11-16(14,15)12-9-3-5-10(13)6-4-9/h3-6,8,11-13H,7H2,1-2H3. The molecule has 0 aliphatic heterocycles. The maximum Gasteiger partial charge on any atom is 0.299 e. The van der Waals surface area contributed by atoms with Crippen LogP contribution in [0.3, 0.4) is 0 Å². The predicted octanol–water partition coefficient (Wildman–Crippen LogP) is 1.29. The average Bonchev–Trinajstić information content (AvgIpc) is 2.19. The van der Waals surface area contributed by atoms with Crippen molar-refractivity contribution in [1.29, 1.82) is 0 Å². The van der Waals surface area contributed by atoms with Gasteiger partial charge in [-0.15, -0.1) is 0 Å². The largest absolute Gasteiger partial charge is 0.508 e. The molecule has 0 fully saturated rings. The molecule has 0 saturated carbocycles. The molecule has 1 rings (SSSR count). The van der Waals surface area contributed by atoms with E-state index in [1.54, 1.807) is 0 Å². The number of rotatable bonds is 5. The van der Waals surface area contributed by atoms with E-state index in [1.807, 2.05) is 13.8 Å². The second-order valence-electron chi connectivity index (χ2n) is 3.89. The van der Waals surface area contributed by atoms with Crippen LogP contribution in [0.15, 0.2) is 24.3 Å². The molecule has 0 bridgehead atoms. The van der Waals surface area contributed by atoms with Gasteiger partial charge in [-0.05, 0) is 30.2 Å². The van der Waals surface area contributed by atoms with Crippen LogP contribution in [0.1, 0.15) is 13.8 Å². The smallest absolute Gasteiger partial charge is 0.299 e. The third-order valence-electron chi connectivity index (χ3n) is 1.80. The second-order valence-corrected chi connectivity index (χ2v) is 5.39. The summed E-state index contributed by atoms with van der Waals surface area (Å²) in [5.41, 5.74) is 0.411. The first-order valence-electron chi connectivity index (χ1n) is 4.95. The number of hydrogen-bond donors (Lipinski definition) is 3. The van der Waals surface area contributed by atoms with Gasteiger partial charge in [-0.25, -0.2) is 0 Å². The van der Waals surface area contributed by atoms with Gasteiger partial charge in [0.05, 0.1) is 0 Å². The van der Waals surface area contributed by atoms with Crippen LogP contribution < -0.4 is 9.44 Å². The van der Waals surface area contributed by atoms with E-state index < -0.39 is 10.2 Å². The Morgan fingerprint density at radius 1 is 1.25 bits per heavy atom. The van der Waals surface area contributed by atoms with Crippen LogP contribution in [-0.4, -0.2) is 20.1 Å². The Morgan fingerprint density at radius 2 is 1.81 bits per heavy atom. The molecule has 90 valence electrons. The zero-order valence-corrected chi connectivity index (χ0v) is 10.1. The Balaban J connectivity index is 2.62. The molecule has 0 aliphatic rings. The van der Waals surface area contributed by atoms with Crippen molar-refractivity contribution in [2.24, 2.45) is 5.92 Å². The minimum atomic E-state index is -3.52. The van der Waals surface area contributed by atoms with Gasteiger partial charge in [0.15, 0.2) is 0 Å². The zero-order valence-electron chi connectivity index (χ0n) is 9.27. The van der Waals surface area contributed by atoms with Gasteiger partial charge in [0, 0.05) is 12.2 Å². The quantitative estimate of drug-likeness (QED) is 0.683. The number of nitrogens with one attached hydrogen (secondary N) is 2. The van der Waals surface area contributed by atoms with Crippen molar-refractivity contribution in [3.05, 3.63) is 24.3 Å². The number of benzene rings is 1. The molecule has 0 spiro atoms. The van der Waals surface area contributed by atoms with E-state index in [0.717, 1.165) is 0 Å². The Hall–Kier alpha value is -1.27. The van der Waals surface area contributed by atoms with Gasteiger partial charge in [0.2, 0.25) is 0 Å². The van der Waals surface area contributed by atoms with Crippen molar-refractivity contribution in [1.82, 2.24) is 4.72 Å². The van der Waals surface area contributed by atoms with Crippen LogP contribution >= 0.6 is 0 Å². The zero-order chi connectivity index (χ0) is 12.2. The Morgan fingerprint density at radius 3 is 2.31 bits per heavy atom. The lowest BCUT2D eigenvalue weighted by Gasteiger charge is -2.10. The van der Waals surface area contributed by atoms with E-state index in [-0.39, 0.29) is 11.7 Å². The Bertz CT molecular complexity index is 426. The van der Waals surface area contributed by atoms with E-state index in [4.69, 9.17) is 5.11 Å². The summed E-state index contributed by atoms with van der Waals surface area (Å²) in [6, 6.07) is 5.81. The van der Waals surface area contributed by atoms with Crippen LogP contribution in [0.25, 0.3) is 0 Å². The van der Waals surface area contributed by atoms with Crippen molar-refractivity contribution in [3.63, 3.8) is 0 Å². The van der Waals surface area contributed by atoms with E-state index in [0.29, 0.717) is 12.2 Å². The first-order valence-corrected chi connectivity index (χ1v) is 6.44. The molecule has 0 amide bonds. The highest BCUT2D eigenvalue weighted by atomic mass is 32.2. The van der Waals surface area contributed by atoms with Crippen LogP contribution in [0.4, 0.5) is 5.69 Å². The van der Waals surface area contributed by atoms with Crippen LogP contribution in [0.5, 0.6) is 5.75 Å². The summed E-state index contributed by atoms with van der Waals surface area (Å²) in [6.45, 7) is 4.22. The van der Waals surface area contributed by atoms with Gasteiger partial charge in [-0.1, -0.05) is 13.8 Å². The fraction of sp³-hybridized carbons (Fsp3) is 0.400. The minimum Gasteiger partial charge on any atom is -0.508 e. The fourth-order valence-corrected chi connectivity index (χ4v) is 2.07.